The van der Waals surface area contributed by atoms with Crippen LogP contribution in [0.4, 0.5) is 0 Å². The standard InChI is InChI=1S/C14H22N2O/c1-9(2)12(11-7-6-8-16(11)5)13(10(3)4)14(15)17/h6-10H,1-5H3,(H2,15,17). The predicted octanol–water partition coefficient (Wildman–Crippen LogP) is 2.58. The van der Waals surface area contributed by atoms with Gasteiger partial charge in [-0.2, -0.15) is 0 Å². The molecule has 2 N–H and O–H groups in total. The van der Waals surface area contributed by atoms with Gasteiger partial charge in [-0.25, -0.2) is 0 Å². The summed E-state index contributed by atoms with van der Waals surface area (Å²) in [5.41, 5.74) is 8.39. The van der Waals surface area contributed by atoms with Gasteiger partial charge in [0.2, 0.25) is 5.91 Å². The number of allylic oxidation sites excluding steroid dienone is 1. The molecule has 0 bridgehead atoms. The lowest BCUT2D eigenvalue weighted by Crippen LogP contribution is -2.21. The smallest absolute Gasteiger partial charge is 0.245 e. The van der Waals surface area contributed by atoms with Crippen LogP contribution in [0.5, 0.6) is 0 Å². The topological polar surface area (TPSA) is 48.0 Å². The lowest BCUT2D eigenvalue weighted by Gasteiger charge is -2.20. The van der Waals surface area contributed by atoms with Gasteiger partial charge in [0.25, 0.3) is 0 Å². The zero-order valence-electron chi connectivity index (χ0n) is 11.3. The molecule has 0 aliphatic carbocycles. The van der Waals surface area contributed by atoms with E-state index in [1.165, 1.54) is 0 Å². The van der Waals surface area contributed by atoms with Crippen LogP contribution < -0.4 is 5.73 Å². The fourth-order valence-corrected chi connectivity index (χ4v) is 2.21. The molecule has 3 heteroatoms. The summed E-state index contributed by atoms with van der Waals surface area (Å²) in [6, 6.07) is 4.01. The van der Waals surface area contributed by atoms with Crippen LogP contribution in [0.1, 0.15) is 33.4 Å². The number of carbonyl (C=O) groups excluding carboxylic acids is 1. The molecule has 0 aliphatic heterocycles. The Bertz CT molecular complexity index is 439. The highest BCUT2D eigenvalue weighted by atomic mass is 16.1. The van der Waals surface area contributed by atoms with Gasteiger partial charge in [0.05, 0.1) is 0 Å². The van der Waals surface area contributed by atoms with E-state index in [1.807, 2.05) is 43.8 Å². The minimum atomic E-state index is -0.315. The molecule has 0 saturated carbocycles. The largest absolute Gasteiger partial charge is 0.366 e. The van der Waals surface area contributed by atoms with E-state index in [9.17, 15) is 4.79 Å². The molecule has 0 unspecified atom stereocenters. The molecule has 3 nitrogen and oxygen atoms in total. The Morgan fingerprint density at radius 1 is 1.24 bits per heavy atom. The Hall–Kier alpha value is -1.51. The number of amides is 1. The number of hydrogen-bond donors (Lipinski definition) is 1. The summed E-state index contributed by atoms with van der Waals surface area (Å²) in [4.78, 5) is 11.6. The van der Waals surface area contributed by atoms with Gasteiger partial charge in [-0.3, -0.25) is 4.79 Å². The summed E-state index contributed by atoms with van der Waals surface area (Å²) in [6.07, 6.45) is 1.98. The van der Waals surface area contributed by atoms with Gasteiger partial charge >= 0.3 is 0 Å². The van der Waals surface area contributed by atoms with Gasteiger partial charge in [-0.15, -0.1) is 0 Å². The van der Waals surface area contributed by atoms with Crippen LogP contribution in [-0.2, 0) is 11.8 Å². The Morgan fingerprint density at radius 2 is 1.82 bits per heavy atom. The summed E-state index contributed by atoms with van der Waals surface area (Å²) in [7, 11) is 1.98. The number of nitrogens with two attached hydrogens (primary N) is 1. The van der Waals surface area contributed by atoms with Crippen molar-refractivity contribution in [3.8, 4) is 0 Å². The van der Waals surface area contributed by atoms with Crippen LogP contribution in [0, 0.1) is 11.8 Å². The summed E-state index contributed by atoms with van der Waals surface area (Å²) in [5.74, 6) is 0.0956. The third-order valence-corrected chi connectivity index (χ3v) is 2.93. The Kier molecular flexibility index (Phi) is 4.16. The number of aromatic nitrogens is 1. The van der Waals surface area contributed by atoms with E-state index in [0.29, 0.717) is 0 Å². The van der Waals surface area contributed by atoms with Crippen molar-refractivity contribution in [1.82, 2.24) is 4.57 Å². The monoisotopic (exact) mass is 234 g/mol. The highest BCUT2D eigenvalue weighted by molar-refractivity contribution is 6.00. The Labute approximate surface area is 103 Å². The number of hydrogen-bond acceptors (Lipinski definition) is 1. The second-order valence-corrected chi connectivity index (χ2v) is 5.01. The normalized spacial score (nSPS) is 13.1. The fraction of sp³-hybridized carbons (Fsp3) is 0.500. The third kappa shape index (κ3) is 2.78. The van der Waals surface area contributed by atoms with Crippen molar-refractivity contribution < 1.29 is 4.79 Å². The van der Waals surface area contributed by atoms with Crippen LogP contribution in [0.15, 0.2) is 23.9 Å². The first-order valence-corrected chi connectivity index (χ1v) is 6.01. The van der Waals surface area contributed by atoms with Gasteiger partial charge in [0.1, 0.15) is 0 Å². The van der Waals surface area contributed by atoms with Crippen molar-refractivity contribution in [2.24, 2.45) is 24.6 Å². The maximum absolute atomic E-state index is 11.6. The molecule has 0 saturated heterocycles. The molecule has 0 fully saturated rings. The lowest BCUT2D eigenvalue weighted by atomic mass is 9.88. The van der Waals surface area contributed by atoms with Crippen molar-refractivity contribution in [1.29, 1.82) is 0 Å². The van der Waals surface area contributed by atoms with E-state index in [2.05, 4.69) is 13.8 Å². The van der Waals surface area contributed by atoms with Crippen LogP contribution >= 0.6 is 0 Å². The van der Waals surface area contributed by atoms with Gasteiger partial charge in [-0.1, -0.05) is 27.7 Å². The quantitative estimate of drug-likeness (QED) is 0.800. The fourth-order valence-electron chi connectivity index (χ4n) is 2.21. The molecule has 94 valence electrons. The highest BCUT2D eigenvalue weighted by Crippen LogP contribution is 2.30. The van der Waals surface area contributed by atoms with E-state index in [-0.39, 0.29) is 17.7 Å². The molecule has 1 amide bonds. The summed E-state index contributed by atoms with van der Waals surface area (Å²) in [6.45, 7) is 8.19. The molecule has 0 spiro atoms. The van der Waals surface area contributed by atoms with Gasteiger partial charge < -0.3 is 10.3 Å². The average Bonchev–Trinajstić information content (AvgIpc) is 2.58. The van der Waals surface area contributed by atoms with E-state index < -0.39 is 0 Å². The molecule has 1 rings (SSSR count). The van der Waals surface area contributed by atoms with Crippen molar-refractivity contribution >= 4 is 11.5 Å². The molecule has 0 aromatic carbocycles. The van der Waals surface area contributed by atoms with E-state index in [4.69, 9.17) is 5.73 Å². The first-order valence-electron chi connectivity index (χ1n) is 6.01. The highest BCUT2D eigenvalue weighted by Gasteiger charge is 2.21. The molecular weight excluding hydrogens is 212 g/mol. The third-order valence-electron chi connectivity index (χ3n) is 2.93. The molecule has 0 aliphatic rings. The molecule has 17 heavy (non-hydrogen) atoms. The second kappa shape index (κ2) is 5.21. The average molecular weight is 234 g/mol. The molecule has 0 radical (unpaired) electrons. The molecule has 1 heterocycles. The maximum atomic E-state index is 11.6. The molecular formula is C14H22N2O. The first-order chi connectivity index (χ1) is 7.86. The zero-order valence-corrected chi connectivity index (χ0v) is 11.3. The van der Waals surface area contributed by atoms with Crippen LogP contribution in [-0.4, -0.2) is 10.5 Å². The van der Waals surface area contributed by atoms with Crippen molar-refractivity contribution in [3.05, 3.63) is 29.6 Å². The van der Waals surface area contributed by atoms with Gasteiger partial charge in [-0.05, 0) is 29.5 Å². The molecule has 1 aromatic heterocycles. The lowest BCUT2D eigenvalue weighted by molar-refractivity contribution is -0.114. The summed E-state index contributed by atoms with van der Waals surface area (Å²) < 4.78 is 2.03. The van der Waals surface area contributed by atoms with Crippen LogP contribution in [0.3, 0.4) is 0 Å². The first kappa shape index (κ1) is 13.6. The minimum absolute atomic E-state index is 0.139. The van der Waals surface area contributed by atoms with Gasteiger partial charge in [0, 0.05) is 24.5 Å². The number of carbonyl (C=O) groups is 1. The predicted molar refractivity (Wildman–Crippen MR) is 71.2 cm³/mol. The van der Waals surface area contributed by atoms with E-state index >= 15 is 0 Å². The second-order valence-electron chi connectivity index (χ2n) is 5.01. The molecule has 0 atom stereocenters. The minimum Gasteiger partial charge on any atom is -0.366 e. The van der Waals surface area contributed by atoms with Gasteiger partial charge in [0.15, 0.2) is 0 Å². The van der Waals surface area contributed by atoms with E-state index in [0.717, 1.165) is 16.8 Å². The van der Waals surface area contributed by atoms with Crippen molar-refractivity contribution in [2.45, 2.75) is 27.7 Å². The Balaban J connectivity index is 3.49. The molecule has 1 aromatic rings. The summed E-state index contributed by atoms with van der Waals surface area (Å²) >= 11 is 0. The van der Waals surface area contributed by atoms with Crippen LogP contribution in [0.25, 0.3) is 5.57 Å². The number of primary amides is 1. The SMILES string of the molecule is CC(C)C(C(N)=O)=C(c1cccn1C)C(C)C. The maximum Gasteiger partial charge on any atom is 0.245 e. The van der Waals surface area contributed by atoms with Crippen molar-refractivity contribution in [3.63, 3.8) is 0 Å². The number of aryl methyl sites for hydroxylation is 1. The number of rotatable bonds is 4. The zero-order chi connectivity index (χ0) is 13.2. The van der Waals surface area contributed by atoms with E-state index in [1.54, 1.807) is 0 Å². The number of nitrogens with zero attached hydrogens (tertiary/aromatic N) is 1. The van der Waals surface area contributed by atoms with Crippen molar-refractivity contribution in [2.75, 3.05) is 0 Å². The Morgan fingerprint density at radius 3 is 2.12 bits per heavy atom. The van der Waals surface area contributed by atoms with Crippen LogP contribution in [0.2, 0.25) is 0 Å². The summed E-state index contributed by atoms with van der Waals surface area (Å²) in [5, 5.41) is 0.